The van der Waals surface area contributed by atoms with Gasteiger partial charge in [0.05, 0.1) is 12.2 Å². The van der Waals surface area contributed by atoms with Crippen LogP contribution in [0.5, 0.6) is 0 Å². The van der Waals surface area contributed by atoms with Gasteiger partial charge in [-0.3, -0.25) is 4.79 Å². The molecule has 1 amide bonds. The highest BCUT2D eigenvalue weighted by atomic mass is 16.2. The molecule has 1 aliphatic rings. The molecule has 0 bridgehead atoms. The molecule has 0 spiro atoms. The van der Waals surface area contributed by atoms with Crippen LogP contribution in [0.3, 0.4) is 0 Å². The Hall–Kier alpha value is -2.37. The lowest BCUT2D eigenvalue weighted by molar-refractivity contribution is 0.0787. The van der Waals surface area contributed by atoms with Crippen molar-refractivity contribution < 1.29 is 4.79 Å². The van der Waals surface area contributed by atoms with Crippen molar-refractivity contribution in [1.29, 1.82) is 0 Å². The van der Waals surface area contributed by atoms with Crippen LogP contribution in [0.4, 0.5) is 5.69 Å². The number of amides is 1. The summed E-state index contributed by atoms with van der Waals surface area (Å²) in [7, 11) is 3.94. The minimum absolute atomic E-state index is 0.0846. The zero-order chi connectivity index (χ0) is 14.8. The molecule has 0 radical (unpaired) electrons. The summed E-state index contributed by atoms with van der Waals surface area (Å²) in [6.07, 6.45) is 4.44. The smallest absolute Gasteiger partial charge is 0.254 e. The zero-order valence-corrected chi connectivity index (χ0v) is 12.3. The van der Waals surface area contributed by atoms with Crippen molar-refractivity contribution in [2.75, 3.05) is 32.1 Å². The molecule has 0 saturated carbocycles. The number of hydrogen-bond acceptors (Lipinski definition) is 4. The van der Waals surface area contributed by atoms with Crippen LogP contribution in [0, 0.1) is 0 Å². The molecule has 0 N–H and O–H groups in total. The van der Waals surface area contributed by atoms with E-state index in [1.807, 2.05) is 59.0 Å². The minimum Gasteiger partial charge on any atom is -0.378 e. The molecular formula is C15H19N5O. The third-order valence-electron chi connectivity index (χ3n) is 3.88. The number of likely N-dealkylation sites (tertiary alicyclic amines) is 1. The molecule has 6 heteroatoms. The maximum atomic E-state index is 12.6. The molecular weight excluding hydrogens is 266 g/mol. The monoisotopic (exact) mass is 285 g/mol. The average molecular weight is 285 g/mol. The lowest BCUT2D eigenvalue weighted by atomic mass is 10.1. The predicted molar refractivity (Wildman–Crippen MR) is 80.3 cm³/mol. The molecule has 6 nitrogen and oxygen atoms in total. The molecule has 0 aliphatic carbocycles. The van der Waals surface area contributed by atoms with Crippen molar-refractivity contribution in [2.24, 2.45) is 0 Å². The summed E-state index contributed by atoms with van der Waals surface area (Å²) in [6.45, 7) is 1.45. The van der Waals surface area contributed by atoms with E-state index in [9.17, 15) is 4.79 Å². The number of carbonyl (C=O) groups excluding carboxylic acids is 1. The largest absolute Gasteiger partial charge is 0.378 e. The standard InChI is InChI=1S/C15H19N5O/c1-18(2)13-5-3-4-12(10-13)15(21)19-8-6-14(11-19)20-9-7-16-17-20/h3-5,7,9-10,14H,6,8,11H2,1-2H3/t14-/m0/s1. The van der Waals surface area contributed by atoms with Crippen molar-refractivity contribution in [3.05, 3.63) is 42.2 Å². The summed E-state index contributed by atoms with van der Waals surface area (Å²) < 4.78 is 1.84. The van der Waals surface area contributed by atoms with Crippen LogP contribution in [0.1, 0.15) is 22.8 Å². The fraction of sp³-hybridized carbons (Fsp3) is 0.400. The zero-order valence-electron chi connectivity index (χ0n) is 12.3. The van der Waals surface area contributed by atoms with Crippen molar-refractivity contribution >= 4 is 11.6 Å². The highest BCUT2D eigenvalue weighted by molar-refractivity contribution is 5.95. The molecule has 2 aromatic rings. The normalized spacial score (nSPS) is 18.0. The van der Waals surface area contributed by atoms with Gasteiger partial charge in [-0.2, -0.15) is 0 Å². The Morgan fingerprint density at radius 1 is 1.38 bits per heavy atom. The highest BCUT2D eigenvalue weighted by Crippen LogP contribution is 2.23. The SMILES string of the molecule is CN(C)c1cccc(C(=O)N2CC[C@H](n3ccnn3)C2)c1. The van der Waals surface area contributed by atoms with Gasteiger partial charge in [0.15, 0.2) is 0 Å². The Balaban J connectivity index is 1.73. The summed E-state index contributed by atoms with van der Waals surface area (Å²) in [5.41, 5.74) is 1.77. The first-order valence-electron chi connectivity index (χ1n) is 7.07. The quantitative estimate of drug-likeness (QED) is 0.856. The number of hydrogen-bond donors (Lipinski definition) is 0. The van der Waals surface area contributed by atoms with Gasteiger partial charge >= 0.3 is 0 Å². The minimum atomic E-state index is 0.0846. The summed E-state index contributed by atoms with van der Waals surface area (Å²) in [5, 5.41) is 7.85. The second kappa shape index (κ2) is 5.55. The second-order valence-electron chi connectivity index (χ2n) is 5.52. The van der Waals surface area contributed by atoms with Crippen molar-refractivity contribution in [1.82, 2.24) is 19.9 Å². The van der Waals surface area contributed by atoms with Crippen molar-refractivity contribution in [3.63, 3.8) is 0 Å². The Morgan fingerprint density at radius 3 is 2.95 bits per heavy atom. The Labute approximate surface area is 124 Å². The van der Waals surface area contributed by atoms with E-state index in [-0.39, 0.29) is 11.9 Å². The van der Waals surface area contributed by atoms with E-state index in [2.05, 4.69) is 10.3 Å². The van der Waals surface area contributed by atoms with E-state index in [1.165, 1.54) is 0 Å². The number of rotatable bonds is 3. The molecule has 1 aromatic carbocycles. The van der Waals surface area contributed by atoms with E-state index >= 15 is 0 Å². The highest BCUT2D eigenvalue weighted by Gasteiger charge is 2.28. The first-order valence-corrected chi connectivity index (χ1v) is 7.07. The lowest BCUT2D eigenvalue weighted by Gasteiger charge is -2.18. The number of anilines is 1. The van der Waals surface area contributed by atoms with Gasteiger partial charge in [0.2, 0.25) is 0 Å². The molecule has 0 unspecified atom stereocenters. The van der Waals surface area contributed by atoms with Gasteiger partial charge in [-0.25, -0.2) is 4.68 Å². The Bertz CT molecular complexity index is 623. The third-order valence-corrected chi connectivity index (χ3v) is 3.88. The number of aromatic nitrogens is 3. The van der Waals surface area contributed by atoms with Crippen LogP contribution >= 0.6 is 0 Å². The molecule has 21 heavy (non-hydrogen) atoms. The van der Waals surface area contributed by atoms with Crippen LogP contribution < -0.4 is 4.90 Å². The maximum Gasteiger partial charge on any atom is 0.254 e. The number of nitrogens with zero attached hydrogens (tertiary/aromatic N) is 5. The van der Waals surface area contributed by atoms with Crippen molar-refractivity contribution in [3.8, 4) is 0 Å². The number of carbonyl (C=O) groups is 1. The van der Waals surface area contributed by atoms with Gasteiger partial charge in [-0.1, -0.05) is 11.3 Å². The first kappa shape index (κ1) is 13.6. The van der Waals surface area contributed by atoms with Gasteiger partial charge in [-0.05, 0) is 24.6 Å². The molecule has 3 rings (SSSR count). The molecule has 1 atom stereocenters. The molecule has 1 aliphatic heterocycles. The van der Waals surface area contributed by atoms with E-state index < -0.39 is 0 Å². The average Bonchev–Trinajstić information content (AvgIpc) is 3.17. The summed E-state index contributed by atoms with van der Waals surface area (Å²) in [6, 6.07) is 7.96. The van der Waals surface area contributed by atoms with Crippen LogP contribution in [0.25, 0.3) is 0 Å². The molecule has 1 fully saturated rings. The van der Waals surface area contributed by atoms with Gasteiger partial charge in [0.1, 0.15) is 0 Å². The Morgan fingerprint density at radius 2 is 2.24 bits per heavy atom. The topological polar surface area (TPSA) is 54.3 Å². The molecule has 1 aromatic heterocycles. The van der Waals surface area contributed by atoms with E-state index in [0.717, 1.165) is 24.2 Å². The second-order valence-corrected chi connectivity index (χ2v) is 5.52. The molecule has 2 heterocycles. The van der Waals surface area contributed by atoms with Crippen LogP contribution in [-0.4, -0.2) is 53.0 Å². The third kappa shape index (κ3) is 2.74. The first-order chi connectivity index (χ1) is 10.1. The van der Waals surface area contributed by atoms with Crippen molar-refractivity contribution in [2.45, 2.75) is 12.5 Å². The van der Waals surface area contributed by atoms with E-state index in [4.69, 9.17) is 0 Å². The van der Waals surface area contributed by atoms with Gasteiger partial charge < -0.3 is 9.80 Å². The Kier molecular flexibility index (Phi) is 3.60. The van der Waals surface area contributed by atoms with Crippen LogP contribution in [-0.2, 0) is 0 Å². The fourth-order valence-corrected chi connectivity index (χ4v) is 2.65. The fourth-order valence-electron chi connectivity index (χ4n) is 2.65. The molecule has 1 saturated heterocycles. The molecule has 110 valence electrons. The summed E-state index contributed by atoms with van der Waals surface area (Å²) >= 11 is 0. The van der Waals surface area contributed by atoms with Gasteiger partial charge in [-0.15, -0.1) is 5.10 Å². The van der Waals surface area contributed by atoms with Gasteiger partial charge in [0.25, 0.3) is 5.91 Å². The van der Waals surface area contributed by atoms with E-state index in [0.29, 0.717) is 6.54 Å². The van der Waals surface area contributed by atoms with Crippen LogP contribution in [0.15, 0.2) is 36.7 Å². The van der Waals surface area contributed by atoms with E-state index in [1.54, 1.807) is 6.20 Å². The maximum absolute atomic E-state index is 12.6. The lowest BCUT2D eigenvalue weighted by Crippen LogP contribution is -2.29. The summed E-state index contributed by atoms with van der Waals surface area (Å²) in [4.78, 5) is 16.5. The van der Waals surface area contributed by atoms with Crippen LogP contribution in [0.2, 0.25) is 0 Å². The predicted octanol–water partition coefficient (Wildman–Crippen LogP) is 1.43. The number of benzene rings is 1. The van der Waals surface area contributed by atoms with Gasteiger partial charge in [0, 0.05) is 44.6 Å². The summed E-state index contributed by atoms with van der Waals surface area (Å²) in [5.74, 6) is 0.0846.